The van der Waals surface area contributed by atoms with E-state index in [0.29, 0.717) is 17.9 Å². The monoisotopic (exact) mass is 285 g/mol. The molecule has 0 spiro atoms. The number of amides is 1. The van der Waals surface area contributed by atoms with Crippen molar-refractivity contribution in [1.82, 2.24) is 5.32 Å². The summed E-state index contributed by atoms with van der Waals surface area (Å²) in [6, 6.07) is 5.92. The number of rotatable bonds is 4. The summed E-state index contributed by atoms with van der Waals surface area (Å²) in [5.74, 6) is 6.43. The maximum absolute atomic E-state index is 12.5. The van der Waals surface area contributed by atoms with Gasteiger partial charge in [0.1, 0.15) is 0 Å². The van der Waals surface area contributed by atoms with Crippen LogP contribution < -0.4 is 5.32 Å². The van der Waals surface area contributed by atoms with Crippen molar-refractivity contribution < 1.29 is 9.90 Å². The Morgan fingerprint density at radius 1 is 1.48 bits per heavy atom. The molecule has 1 unspecified atom stereocenters. The highest BCUT2D eigenvalue weighted by molar-refractivity contribution is 5.97. The fourth-order valence-corrected chi connectivity index (χ4v) is 2.51. The van der Waals surface area contributed by atoms with E-state index < -0.39 is 0 Å². The van der Waals surface area contributed by atoms with Gasteiger partial charge in [-0.15, -0.1) is 0 Å². The van der Waals surface area contributed by atoms with Crippen LogP contribution in [0.25, 0.3) is 0 Å². The predicted octanol–water partition coefficient (Wildman–Crippen LogP) is 2.65. The maximum atomic E-state index is 12.5. The lowest BCUT2D eigenvalue weighted by atomic mass is 9.80. The molecule has 1 fully saturated rings. The molecule has 1 aromatic rings. The molecule has 21 heavy (non-hydrogen) atoms. The summed E-state index contributed by atoms with van der Waals surface area (Å²) in [6.07, 6.45) is 4.11. The van der Waals surface area contributed by atoms with Crippen molar-refractivity contribution in [1.29, 1.82) is 0 Å². The van der Waals surface area contributed by atoms with Crippen LogP contribution in [0.15, 0.2) is 18.2 Å². The zero-order valence-corrected chi connectivity index (χ0v) is 12.8. The largest absolute Gasteiger partial charge is 0.395 e. The second-order valence-corrected chi connectivity index (χ2v) is 5.78. The maximum Gasteiger partial charge on any atom is 0.252 e. The number of nitrogens with one attached hydrogen (secondary N) is 1. The van der Waals surface area contributed by atoms with Crippen LogP contribution in [-0.2, 0) is 0 Å². The van der Waals surface area contributed by atoms with Crippen molar-refractivity contribution in [3.05, 3.63) is 34.9 Å². The SMILES string of the molecule is Cc1ccc(C#CCCO)c(C(=O)NC(C)C2CCC2)c1. The van der Waals surface area contributed by atoms with Crippen molar-refractivity contribution in [2.75, 3.05) is 6.61 Å². The van der Waals surface area contributed by atoms with E-state index in [9.17, 15) is 4.79 Å². The van der Waals surface area contributed by atoms with Crippen molar-refractivity contribution in [2.24, 2.45) is 5.92 Å². The van der Waals surface area contributed by atoms with Gasteiger partial charge in [-0.1, -0.05) is 29.9 Å². The Morgan fingerprint density at radius 3 is 2.86 bits per heavy atom. The van der Waals surface area contributed by atoms with E-state index in [1.165, 1.54) is 19.3 Å². The number of aliphatic hydroxyl groups excluding tert-OH is 1. The Morgan fingerprint density at radius 2 is 2.24 bits per heavy atom. The molecule has 1 amide bonds. The van der Waals surface area contributed by atoms with Gasteiger partial charge in [-0.05, 0) is 44.7 Å². The Bertz CT molecular complexity index is 564. The van der Waals surface area contributed by atoms with Gasteiger partial charge in [-0.2, -0.15) is 0 Å². The van der Waals surface area contributed by atoms with E-state index in [1.54, 1.807) is 0 Å². The highest BCUT2D eigenvalue weighted by atomic mass is 16.2. The number of hydrogen-bond acceptors (Lipinski definition) is 2. The highest BCUT2D eigenvalue weighted by Gasteiger charge is 2.25. The number of aliphatic hydroxyl groups is 1. The van der Waals surface area contributed by atoms with Gasteiger partial charge >= 0.3 is 0 Å². The molecule has 0 heterocycles. The summed E-state index contributed by atoms with van der Waals surface area (Å²) in [4.78, 5) is 12.5. The average molecular weight is 285 g/mol. The minimum absolute atomic E-state index is 0.0408. The highest BCUT2D eigenvalue weighted by Crippen LogP contribution is 2.29. The molecule has 2 rings (SSSR count). The van der Waals surface area contributed by atoms with Crippen LogP contribution in [0.5, 0.6) is 0 Å². The Labute approximate surface area is 126 Å². The van der Waals surface area contributed by atoms with Crippen LogP contribution in [0.2, 0.25) is 0 Å². The Kier molecular flexibility index (Phi) is 5.41. The third-order valence-corrected chi connectivity index (χ3v) is 4.10. The van der Waals surface area contributed by atoms with Crippen LogP contribution >= 0.6 is 0 Å². The summed E-state index contributed by atoms with van der Waals surface area (Å²) in [7, 11) is 0. The first-order chi connectivity index (χ1) is 10.1. The second kappa shape index (κ2) is 7.28. The smallest absolute Gasteiger partial charge is 0.252 e. The molecular formula is C18H23NO2. The number of benzene rings is 1. The molecule has 1 aliphatic rings. The minimum atomic E-state index is -0.0496. The van der Waals surface area contributed by atoms with Gasteiger partial charge in [-0.3, -0.25) is 4.79 Å². The van der Waals surface area contributed by atoms with E-state index in [-0.39, 0.29) is 18.6 Å². The standard InChI is InChI=1S/C18H23NO2/c1-13-9-10-16(6-3-4-11-20)17(12-13)18(21)19-14(2)15-7-5-8-15/h9-10,12,14-15,20H,4-5,7-8,11H2,1-2H3,(H,19,21). The molecule has 3 heteroatoms. The zero-order chi connectivity index (χ0) is 15.2. The quantitative estimate of drug-likeness (QED) is 0.836. The lowest BCUT2D eigenvalue weighted by molar-refractivity contribution is 0.0909. The fourth-order valence-electron chi connectivity index (χ4n) is 2.51. The summed E-state index contributed by atoms with van der Waals surface area (Å²) in [6.45, 7) is 4.09. The number of carbonyl (C=O) groups is 1. The molecule has 1 saturated carbocycles. The summed E-state index contributed by atoms with van der Waals surface area (Å²) >= 11 is 0. The van der Waals surface area contributed by atoms with E-state index >= 15 is 0 Å². The number of hydrogen-bond donors (Lipinski definition) is 2. The first kappa shape index (κ1) is 15.6. The molecule has 3 nitrogen and oxygen atoms in total. The van der Waals surface area contributed by atoms with Gasteiger partial charge in [0, 0.05) is 18.0 Å². The lowest BCUT2D eigenvalue weighted by Crippen LogP contribution is -2.40. The van der Waals surface area contributed by atoms with Crippen LogP contribution in [-0.4, -0.2) is 23.7 Å². The van der Waals surface area contributed by atoms with E-state index in [4.69, 9.17) is 5.11 Å². The molecule has 0 bridgehead atoms. The van der Waals surface area contributed by atoms with Gasteiger partial charge in [0.2, 0.25) is 0 Å². The van der Waals surface area contributed by atoms with Gasteiger partial charge in [0.15, 0.2) is 0 Å². The first-order valence-corrected chi connectivity index (χ1v) is 7.63. The molecule has 0 radical (unpaired) electrons. The van der Waals surface area contributed by atoms with Gasteiger partial charge < -0.3 is 10.4 Å². The Balaban J connectivity index is 2.14. The predicted molar refractivity (Wildman–Crippen MR) is 84.0 cm³/mol. The third-order valence-electron chi connectivity index (χ3n) is 4.10. The van der Waals surface area contributed by atoms with Crippen molar-refractivity contribution >= 4 is 5.91 Å². The molecule has 112 valence electrons. The summed E-state index contributed by atoms with van der Waals surface area (Å²) < 4.78 is 0. The van der Waals surface area contributed by atoms with Crippen LogP contribution in [0, 0.1) is 24.7 Å². The van der Waals surface area contributed by atoms with Gasteiger partial charge in [0.05, 0.1) is 12.2 Å². The molecule has 1 aromatic carbocycles. The lowest BCUT2D eigenvalue weighted by Gasteiger charge is -2.32. The zero-order valence-electron chi connectivity index (χ0n) is 12.8. The minimum Gasteiger partial charge on any atom is -0.395 e. The number of carbonyl (C=O) groups excluding carboxylic acids is 1. The van der Waals surface area contributed by atoms with Crippen molar-refractivity contribution in [3.8, 4) is 11.8 Å². The molecule has 1 aliphatic carbocycles. The second-order valence-electron chi connectivity index (χ2n) is 5.78. The molecule has 0 saturated heterocycles. The summed E-state index contributed by atoms with van der Waals surface area (Å²) in [5.41, 5.74) is 2.41. The van der Waals surface area contributed by atoms with Crippen LogP contribution in [0.4, 0.5) is 0 Å². The number of aryl methyl sites for hydroxylation is 1. The van der Waals surface area contributed by atoms with Crippen LogP contribution in [0.3, 0.4) is 0 Å². The average Bonchev–Trinajstić information content (AvgIpc) is 2.38. The normalized spacial score (nSPS) is 15.6. The first-order valence-electron chi connectivity index (χ1n) is 7.63. The summed E-state index contributed by atoms with van der Waals surface area (Å²) in [5, 5.41) is 11.9. The molecular weight excluding hydrogens is 262 g/mol. The molecule has 1 atom stereocenters. The van der Waals surface area contributed by atoms with E-state index in [1.807, 2.05) is 25.1 Å². The van der Waals surface area contributed by atoms with Gasteiger partial charge in [-0.25, -0.2) is 0 Å². The van der Waals surface area contributed by atoms with E-state index in [0.717, 1.165) is 11.1 Å². The molecule has 0 aliphatic heterocycles. The van der Waals surface area contributed by atoms with E-state index in [2.05, 4.69) is 24.1 Å². The third kappa shape index (κ3) is 4.09. The van der Waals surface area contributed by atoms with Gasteiger partial charge in [0.25, 0.3) is 5.91 Å². The van der Waals surface area contributed by atoms with Crippen molar-refractivity contribution in [2.45, 2.75) is 45.6 Å². The molecule has 0 aromatic heterocycles. The fraction of sp³-hybridized carbons (Fsp3) is 0.500. The Hall–Kier alpha value is -1.79. The van der Waals surface area contributed by atoms with Crippen LogP contribution in [0.1, 0.15) is 54.1 Å². The molecule has 2 N–H and O–H groups in total. The van der Waals surface area contributed by atoms with Crippen molar-refractivity contribution in [3.63, 3.8) is 0 Å². The topological polar surface area (TPSA) is 49.3 Å².